The number of benzene rings is 2. The largest absolute Gasteiger partial charge is 0.338 e. The maximum Gasteiger partial charge on any atom is 0.266 e. The molecule has 0 aliphatic rings. The van der Waals surface area contributed by atoms with Crippen LogP contribution in [0.1, 0.15) is 49.2 Å². The lowest BCUT2D eigenvalue weighted by molar-refractivity contribution is 0.373. The van der Waals surface area contributed by atoms with Crippen molar-refractivity contribution in [2.75, 3.05) is 0 Å². The lowest BCUT2D eigenvalue weighted by Crippen LogP contribution is -2.22. The summed E-state index contributed by atoms with van der Waals surface area (Å²) in [4.78, 5) is 22.4. The molecule has 30 heavy (non-hydrogen) atoms. The first-order valence-electron chi connectivity index (χ1n) is 9.63. The minimum absolute atomic E-state index is 0.146. The molecule has 0 saturated carbocycles. The molecule has 154 valence electrons. The van der Waals surface area contributed by atoms with Crippen molar-refractivity contribution in [1.29, 1.82) is 0 Å². The Morgan fingerprint density at radius 1 is 1.10 bits per heavy atom. The van der Waals surface area contributed by atoms with Gasteiger partial charge in [-0.2, -0.15) is 4.98 Å². The van der Waals surface area contributed by atoms with Crippen LogP contribution in [0.2, 0.25) is 0 Å². The van der Waals surface area contributed by atoms with E-state index in [0.29, 0.717) is 39.0 Å². The predicted octanol–water partition coefficient (Wildman–Crippen LogP) is 5.19. The van der Waals surface area contributed by atoms with E-state index in [9.17, 15) is 9.18 Å². The van der Waals surface area contributed by atoms with E-state index in [1.807, 2.05) is 26.8 Å². The summed E-state index contributed by atoms with van der Waals surface area (Å²) in [5.41, 5.74) is 1.25. The van der Waals surface area contributed by atoms with E-state index >= 15 is 0 Å². The van der Waals surface area contributed by atoms with Crippen LogP contribution in [0.3, 0.4) is 0 Å². The Hall–Kier alpha value is -3.00. The Kier molecular flexibility index (Phi) is 5.42. The molecule has 0 aliphatic carbocycles. The highest BCUT2D eigenvalue weighted by Gasteiger charge is 2.21. The minimum atomic E-state index is -0.380. The zero-order valence-electron chi connectivity index (χ0n) is 17.1. The first kappa shape index (κ1) is 20.3. The quantitative estimate of drug-likeness (QED) is 0.324. The summed E-state index contributed by atoms with van der Waals surface area (Å²) in [6.45, 7) is 7.56. The van der Waals surface area contributed by atoms with Gasteiger partial charge in [0.05, 0.1) is 21.8 Å². The maximum atomic E-state index is 14.3. The lowest BCUT2D eigenvalue weighted by atomic mass is 10.2. The standard InChI is InChI=1S/C22H21FN4O2S/c1-12(2)19-25-20(29-26-19)14(4)30-22-24-18-8-6-5-7-16(18)21(28)27(22)15-10-9-13(3)17(23)11-15/h5-12,14H,1-4H3. The summed E-state index contributed by atoms with van der Waals surface area (Å²) in [5.74, 6) is 0.844. The summed E-state index contributed by atoms with van der Waals surface area (Å²) in [7, 11) is 0. The van der Waals surface area contributed by atoms with Crippen LogP contribution in [-0.4, -0.2) is 19.7 Å². The molecule has 4 rings (SSSR count). The van der Waals surface area contributed by atoms with Crippen LogP contribution in [0.4, 0.5) is 4.39 Å². The number of para-hydroxylation sites is 1. The van der Waals surface area contributed by atoms with E-state index in [1.165, 1.54) is 22.4 Å². The van der Waals surface area contributed by atoms with Gasteiger partial charge in [0, 0.05) is 5.92 Å². The zero-order valence-corrected chi connectivity index (χ0v) is 17.9. The topological polar surface area (TPSA) is 73.8 Å². The van der Waals surface area contributed by atoms with Crippen molar-refractivity contribution in [3.05, 3.63) is 75.9 Å². The number of aromatic nitrogens is 4. The number of hydrogen-bond donors (Lipinski definition) is 0. The second-order valence-electron chi connectivity index (χ2n) is 7.39. The third-order valence-electron chi connectivity index (χ3n) is 4.76. The van der Waals surface area contributed by atoms with Gasteiger partial charge >= 0.3 is 0 Å². The molecular formula is C22H21FN4O2S. The normalized spacial score (nSPS) is 12.6. The molecule has 0 amide bonds. The van der Waals surface area contributed by atoms with Gasteiger partial charge in [0.1, 0.15) is 5.82 Å². The van der Waals surface area contributed by atoms with Crippen molar-refractivity contribution in [3.8, 4) is 5.69 Å². The van der Waals surface area contributed by atoms with E-state index in [4.69, 9.17) is 4.52 Å². The number of hydrogen-bond acceptors (Lipinski definition) is 6. The highest BCUT2D eigenvalue weighted by atomic mass is 32.2. The van der Waals surface area contributed by atoms with Crippen molar-refractivity contribution in [1.82, 2.24) is 19.7 Å². The van der Waals surface area contributed by atoms with Crippen molar-refractivity contribution in [2.24, 2.45) is 0 Å². The van der Waals surface area contributed by atoms with Crippen LogP contribution in [0, 0.1) is 12.7 Å². The first-order valence-corrected chi connectivity index (χ1v) is 10.5. The molecule has 2 aromatic carbocycles. The van der Waals surface area contributed by atoms with Crippen LogP contribution < -0.4 is 5.56 Å². The van der Waals surface area contributed by atoms with E-state index < -0.39 is 0 Å². The third kappa shape index (κ3) is 3.75. The molecular weight excluding hydrogens is 403 g/mol. The van der Waals surface area contributed by atoms with Gasteiger partial charge in [-0.3, -0.25) is 9.36 Å². The molecule has 6 nitrogen and oxygen atoms in total. The van der Waals surface area contributed by atoms with Crippen molar-refractivity contribution in [2.45, 2.75) is 44.0 Å². The van der Waals surface area contributed by atoms with Crippen LogP contribution in [0.5, 0.6) is 0 Å². The molecule has 2 heterocycles. The van der Waals surface area contributed by atoms with E-state index in [2.05, 4.69) is 15.1 Å². The molecule has 0 radical (unpaired) electrons. The molecule has 0 spiro atoms. The van der Waals surface area contributed by atoms with Gasteiger partial charge in [0.2, 0.25) is 5.89 Å². The van der Waals surface area contributed by atoms with Crippen molar-refractivity contribution >= 4 is 22.7 Å². The number of rotatable bonds is 5. The number of aryl methyl sites for hydroxylation is 1. The Balaban J connectivity index is 1.84. The second kappa shape index (κ2) is 8.02. The monoisotopic (exact) mass is 424 g/mol. The van der Waals surface area contributed by atoms with Crippen LogP contribution >= 0.6 is 11.8 Å². The number of fused-ring (bicyclic) bond motifs is 1. The van der Waals surface area contributed by atoms with Gasteiger partial charge < -0.3 is 4.52 Å². The highest BCUT2D eigenvalue weighted by Crippen LogP contribution is 2.34. The number of nitrogens with zero attached hydrogens (tertiary/aromatic N) is 4. The second-order valence-corrected chi connectivity index (χ2v) is 8.70. The molecule has 0 N–H and O–H groups in total. The maximum absolute atomic E-state index is 14.3. The first-order chi connectivity index (χ1) is 14.3. The molecule has 0 aliphatic heterocycles. The summed E-state index contributed by atoms with van der Waals surface area (Å²) in [6, 6.07) is 11.8. The van der Waals surface area contributed by atoms with Crippen molar-refractivity contribution < 1.29 is 8.91 Å². The van der Waals surface area contributed by atoms with Crippen molar-refractivity contribution in [3.63, 3.8) is 0 Å². The molecule has 0 saturated heterocycles. The smallest absolute Gasteiger partial charge is 0.266 e. The predicted molar refractivity (Wildman–Crippen MR) is 115 cm³/mol. The summed E-state index contributed by atoms with van der Waals surface area (Å²) in [6.07, 6.45) is 0. The van der Waals surface area contributed by atoms with Gasteiger partial charge in [-0.15, -0.1) is 0 Å². The van der Waals surface area contributed by atoms with Gasteiger partial charge in [-0.1, -0.05) is 49.0 Å². The molecule has 1 unspecified atom stereocenters. The van der Waals surface area contributed by atoms with Crippen LogP contribution in [-0.2, 0) is 0 Å². The fourth-order valence-electron chi connectivity index (χ4n) is 3.00. The van der Waals surface area contributed by atoms with Gasteiger partial charge in [0.15, 0.2) is 11.0 Å². The average molecular weight is 425 g/mol. The van der Waals surface area contributed by atoms with Gasteiger partial charge in [0.25, 0.3) is 5.56 Å². The lowest BCUT2D eigenvalue weighted by Gasteiger charge is -2.15. The Morgan fingerprint density at radius 3 is 2.57 bits per heavy atom. The third-order valence-corrected chi connectivity index (χ3v) is 5.80. The fraction of sp³-hybridized carbons (Fsp3) is 0.273. The Bertz CT molecular complexity index is 1280. The zero-order chi connectivity index (χ0) is 21.4. The molecule has 0 fully saturated rings. The van der Waals surface area contributed by atoms with Gasteiger partial charge in [-0.05, 0) is 43.7 Å². The molecule has 4 aromatic rings. The molecule has 0 bridgehead atoms. The van der Waals surface area contributed by atoms with Gasteiger partial charge in [-0.25, -0.2) is 9.37 Å². The molecule has 8 heteroatoms. The Morgan fingerprint density at radius 2 is 1.87 bits per heavy atom. The van der Waals surface area contributed by atoms with E-state index in [1.54, 1.807) is 37.3 Å². The van der Waals surface area contributed by atoms with Crippen LogP contribution in [0.15, 0.2) is 56.9 Å². The number of halogens is 1. The molecule has 1 atom stereocenters. The molecule has 2 aromatic heterocycles. The SMILES string of the molecule is Cc1ccc(-n2c(SC(C)c3nc(C(C)C)no3)nc3ccccc3c2=O)cc1F. The van der Waals surface area contributed by atoms with E-state index in [-0.39, 0.29) is 22.5 Å². The highest BCUT2D eigenvalue weighted by molar-refractivity contribution is 7.99. The summed E-state index contributed by atoms with van der Waals surface area (Å²) < 4.78 is 21.1. The summed E-state index contributed by atoms with van der Waals surface area (Å²) >= 11 is 1.32. The number of thioether (sulfide) groups is 1. The van der Waals surface area contributed by atoms with E-state index in [0.717, 1.165) is 0 Å². The fourth-order valence-corrected chi connectivity index (χ4v) is 3.95. The van der Waals surface area contributed by atoms with Crippen LogP contribution in [0.25, 0.3) is 16.6 Å². The Labute approximate surface area is 177 Å². The summed E-state index contributed by atoms with van der Waals surface area (Å²) in [5, 5.41) is 4.66. The minimum Gasteiger partial charge on any atom is -0.338 e. The average Bonchev–Trinajstić information content (AvgIpc) is 3.21.